The maximum absolute atomic E-state index is 10.8. The van der Waals surface area contributed by atoms with E-state index >= 15 is 0 Å². The Balaban J connectivity index is 2.27. The van der Waals surface area contributed by atoms with Crippen molar-refractivity contribution in [2.45, 2.75) is 12.5 Å². The topological polar surface area (TPSA) is 130 Å². The first-order valence-electron chi connectivity index (χ1n) is 6.01. The highest BCUT2D eigenvalue weighted by Gasteiger charge is 2.16. The molecule has 0 amide bonds. The van der Waals surface area contributed by atoms with Crippen molar-refractivity contribution in [2.75, 3.05) is 0 Å². The van der Waals surface area contributed by atoms with E-state index in [1.807, 2.05) is 0 Å². The molecule has 0 aliphatic heterocycles. The van der Waals surface area contributed by atoms with Crippen LogP contribution in [0.4, 0.5) is 0 Å². The summed E-state index contributed by atoms with van der Waals surface area (Å²) < 4.78 is 15.3. The number of phosphoric ester groups is 1. The molecule has 2 aromatic rings. The normalized spacial score (nSPS) is 13.1. The third kappa shape index (κ3) is 4.27. The Morgan fingerprint density at radius 3 is 2.43 bits per heavy atom. The molecule has 7 nitrogen and oxygen atoms in total. The molecule has 1 atom stereocenters. The first-order chi connectivity index (χ1) is 9.74. The van der Waals surface area contributed by atoms with Crippen molar-refractivity contribution in [3.05, 3.63) is 42.0 Å². The number of rotatable bonds is 5. The van der Waals surface area contributed by atoms with Crippen molar-refractivity contribution in [3.63, 3.8) is 0 Å². The van der Waals surface area contributed by atoms with Gasteiger partial charge in [-0.15, -0.1) is 0 Å². The Labute approximate surface area is 120 Å². The van der Waals surface area contributed by atoms with Gasteiger partial charge >= 0.3 is 13.8 Å². The molecule has 0 saturated heterocycles. The third-order valence-electron chi connectivity index (χ3n) is 2.87. The highest BCUT2D eigenvalue weighted by atomic mass is 31.2. The minimum Gasteiger partial charge on any atom is -0.480 e. The number of hydrogen-bond donors (Lipinski definition) is 4. The highest BCUT2D eigenvalue weighted by Crippen LogP contribution is 2.38. The lowest BCUT2D eigenvalue weighted by atomic mass is 10.0. The molecule has 21 heavy (non-hydrogen) atoms. The van der Waals surface area contributed by atoms with Gasteiger partial charge in [0.15, 0.2) is 0 Å². The molecule has 2 rings (SSSR count). The van der Waals surface area contributed by atoms with E-state index < -0.39 is 19.8 Å². The van der Waals surface area contributed by atoms with Crippen molar-refractivity contribution in [3.8, 4) is 5.75 Å². The van der Waals surface area contributed by atoms with Gasteiger partial charge in [0.2, 0.25) is 0 Å². The molecule has 0 heterocycles. The molecule has 0 aliphatic carbocycles. The Hall–Kier alpha value is -1.92. The number of phosphoric acid groups is 1. The van der Waals surface area contributed by atoms with E-state index in [1.165, 1.54) is 12.1 Å². The Morgan fingerprint density at radius 2 is 1.81 bits per heavy atom. The minimum atomic E-state index is -4.59. The van der Waals surface area contributed by atoms with Gasteiger partial charge in [-0.05, 0) is 34.9 Å². The zero-order valence-corrected chi connectivity index (χ0v) is 11.7. The Bertz CT molecular complexity index is 726. The zero-order valence-electron chi connectivity index (χ0n) is 10.8. The van der Waals surface area contributed by atoms with Crippen molar-refractivity contribution in [1.82, 2.24) is 0 Å². The van der Waals surface area contributed by atoms with Crippen LogP contribution in [0.15, 0.2) is 36.4 Å². The lowest BCUT2D eigenvalue weighted by molar-refractivity contribution is -0.138. The number of fused-ring (bicyclic) bond motifs is 1. The van der Waals surface area contributed by atoms with E-state index in [1.54, 1.807) is 24.3 Å². The van der Waals surface area contributed by atoms with Gasteiger partial charge in [-0.2, -0.15) is 0 Å². The number of hydrogen-bond acceptors (Lipinski definition) is 4. The lowest BCUT2D eigenvalue weighted by Crippen LogP contribution is -2.32. The lowest BCUT2D eigenvalue weighted by Gasteiger charge is -2.10. The molecule has 0 bridgehead atoms. The summed E-state index contributed by atoms with van der Waals surface area (Å²) in [7, 11) is -4.59. The third-order valence-corrected chi connectivity index (χ3v) is 3.32. The summed E-state index contributed by atoms with van der Waals surface area (Å²) in [4.78, 5) is 28.2. The van der Waals surface area contributed by atoms with Gasteiger partial charge in [0.1, 0.15) is 11.8 Å². The smallest absolute Gasteiger partial charge is 0.480 e. The largest absolute Gasteiger partial charge is 0.524 e. The van der Waals surface area contributed by atoms with Crippen molar-refractivity contribution < 1.29 is 28.8 Å². The maximum atomic E-state index is 10.8. The Morgan fingerprint density at radius 1 is 1.19 bits per heavy atom. The van der Waals surface area contributed by atoms with Gasteiger partial charge in [0.25, 0.3) is 0 Å². The number of carbonyl (C=O) groups is 1. The van der Waals surface area contributed by atoms with E-state index in [-0.39, 0.29) is 12.2 Å². The average molecular weight is 311 g/mol. The SMILES string of the molecule is N[C@@H](Cc1ccc2cc(OP(=O)(O)O)ccc2c1)C(=O)O. The molecule has 0 spiro atoms. The predicted molar refractivity (Wildman–Crippen MR) is 75.9 cm³/mol. The van der Waals surface area contributed by atoms with Crippen LogP contribution < -0.4 is 10.3 Å². The van der Waals surface area contributed by atoms with Gasteiger partial charge < -0.3 is 15.4 Å². The van der Waals surface area contributed by atoms with Gasteiger partial charge in [0.05, 0.1) is 0 Å². The molecule has 0 fully saturated rings. The van der Waals surface area contributed by atoms with Crippen LogP contribution in [0.5, 0.6) is 5.75 Å². The minimum absolute atomic E-state index is 0.0609. The van der Waals surface area contributed by atoms with Crippen molar-refractivity contribution >= 4 is 24.6 Å². The summed E-state index contributed by atoms with van der Waals surface area (Å²) in [5.74, 6) is -1.01. The van der Waals surface area contributed by atoms with Gasteiger partial charge in [0, 0.05) is 0 Å². The summed E-state index contributed by atoms with van der Waals surface area (Å²) in [5, 5.41) is 10.3. The highest BCUT2D eigenvalue weighted by molar-refractivity contribution is 7.46. The van der Waals surface area contributed by atoms with Crippen LogP contribution in [0, 0.1) is 0 Å². The van der Waals surface area contributed by atoms with E-state index in [9.17, 15) is 9.36 Å². The summed E-state index contributed by atoms with van der Waals surface area (Å²) in [6.07, 6.45) is 0.200. The van der Waals surface area contributed by atoms with Crippen LogP contribution in [-0.4, -0.2) is 26.9 Å². The Kier molecular flexibility index (Phi) is 4.29. The molecule has 8 heteroatoms. The predicted octanol–water partition coefficient (Wildman–Crippen LogP) is 1.27. The summed E-state index contributed by atoms with van der Waals surface area (Å²) in [6.45, 7) is 0. The standard InChI is InChI=1S/C13H14NO6P/c14-12(13(15)16)6-8-1-2-10-7-11(20-21(17,18)19)4-3-9(10)5-8/h1-5,7,12H,6,14H2,(H,15,16)(H2,17,18,19)/t12-/m0/s1. The molecule has 0 saturated carbocycles. The first kappa shape index (κ1) is 15.5. The quantitative estimate of drug-likeness (QED) is 0.611. The number of benzene rings is 2. The zero-order chi connectivity index (χ0) is 15.6. The fraction of sp³-hybridized carbons (Fsp3) is 0.154. The summed E-state index contributed by atoms with van der Waals surface area (Å²) in [5.41, 5.74) is 6.24. The monoisotopic (exact) mass is 311 g/mol. The molecular formula is C13H14NO6P. The van der Waals surface area contributed by atoms with Crippen molar-refractivity contribution in [2.24, 2.45) is 5.73 Å². The molecule has 0 aromatic heterocycles. The fourth-order valence-electron chi connectivity index (χ4n) is 1.94. The van der Waals surface area contributed by atoms with Crippen LogP contribution >= 0.6 is 7.82 Å². The molecule has 112 valence electrons. The van der Waals surface area contributed by atoms with Crippen LogP contribution in [0.1, 0.15) is 5.56 Å². The molecule has 2 aromatic carbocycles. The number of carboxylic acid groups (broad SMARTS) is 1. The van der Waals surface area contributed by atoms with Gasteiger partial charge in [-0.1, -0.05) is 24.3 Å². The van der Waals surface area contributed by atoms with Gasteiger partial charge in [-0.25, -0.2) is 4.57 Å². The number of aliphatic carboxylic acids is 1. The van der Waals surface area contributed by atoms with Gasteiger partial charge in [-0.3, -0.25) is 14.6 Å². The van der Waals surface area contributed by atoms with Crippen LogP contribution in [0.3, 0.4) is 0 Å². The number of nitrogens with two attached hydrogens (primary N) is 1. The van der Waals surface area contributed by atoms with Crippen LogP contribution in [0.25, 0.3) is 10.8 Å². The molecule has 5 N–H and O–H groups in total. The van der Waals surface area contributed by atoms with Crippen LogP contribution in [0.2, 0.25) is 0 Å². The molecule has 0 radical (unpaired) electrons. The van der Waals surface area contributed by atoms with E-state index in [4.69, 9.17) is 20.6 Å². The van der Waals surface area contributed by atoms with E-state index in [2.05, 4.69) is 4.52 Å². The van der Waals surface area contributed by atoms with Crippen LogP contribution in [-0.2, 0) is 15.8 Å². The average Bonchev–Trinajstić information content (AvgIpc) is 2.37. The summed E-state index contributed by atoms with van der Waals surface area (Å²) in [6, 6.07) is 8.80. The first-order valence-corrected chi connectivity index (χ1v) is 7.54. The van der Waals surface area contributed by atoms with E-state index in [0.717, 1.165) is 10.9 Å². The van der Waals surface area contributed by atoms with E-state index in [0.29, 0.717) is 5.39 Å². The molecular weight excluding hydrogens is 297 g/mol. The number of carboxylic acids is 1. The summed E-state index contributed by atoms with van der Waals surface area (Å²) >= 11 is 0. The van der Waals surface area contributed by atoms with Crippen molar-refractivity contribution in [1.29, 1.82) is 0 Å². The second-order valence-corrected chi connectivity index (χ2v) is 5.74. The molecule has 0 aliphatic rings. The maximum Gasteiger partial charge on any atom is 0.524 e. The second-order valence-electron chi connectivity index (χ2n) is 4.57. The molecule has 0 unspecified atom stereocenters. The second kappa shape index (κ2) is 5.83. The fourth-order valence-corrected chi connectivity index (χ4v) is 2.32.